The number of nitrogen functional groups attached to an aromatic ring is 1. The number of aryl methyl sites for hydroxylation is 1. The van der Waals surface area contributed by atoms with Crippen LogP contribution in [0.5, 0.6) is 0 Å². The maximum atomic E-state index is 13.5. The van der Waals surface area contributed by atoms with Gasteiger partial charge in [0.05, 0.1) is 15.8 Å². The summed E-state index contributed by atoms with van der Waals surface area (Å²) < 4.78 is 13.9. The standard InChI is InChI=1S/C16H18BrFN2/c1-2-3-4-11-5-7-12(8-6-11)20-16-10-14(18)13(17)9-15(16)19/h5-10,20H,2-4,19H2,1H3. The van der Waals surface area contributed by atoms with Crippen LogP contribution in [-0.2, 0) is 6.42 Å². The number of anilines is 3. The smallest absolute Gasteiger partial charge is 0.139 e. The molecule has 2 nitrogen and oxygen atoms in total. The van der Waals surface area contributed by atoms with Crippen LogP contribution in [-0.4, -0.2) is 0 Å². The minimum absolute atomic E-state index is 0.332. The zero-order chi connectivity index (χ0) is 14.5. The van der Waals surface area contributed by atoms with E-state index < -0.39 is 0 Å². The van der Waals surface area contributed by atoms with Crippen molar-refractivity contribution in [3.63, 3.8) is 0 Å². The molecule has 0 aliphatic heterocycles. The molecule has 2 aromatic carbocycles. The van der Waals surface area contributed by atoms with Crippen LogP contribution in [0.25, 0.3) is 0 Å². The van der Waals surface area contributed by atoms with Crippen LogP contribution in [0.1, 0.15) is 25.3 Å². The SMILES string of the molecule is CCCCc1ccc(Nc2cc(F)c(Br)cc2N)cc1. The van der Waals surface area contributed by atoms with Gasteiger partial charge in [-0.2, -0.15) is 0 Å². The fraction of sp³-hybridized carbons (Fsp3) is 0.250. The largest absolute Gasteiger partial charge is 0.397 e. The molecule has 20 heavy (non-hydrogen) atoms. The van der Waals surface area contributed by atoms with Gasteiger partial charge in [0.1, 0.15) is 5.82 Å². The zero-order valence-electron chi connectivity index (χ0n) is 11.4. The van der Waals surface area contributed by atoms with Gasteiger partial charge in [-0.25, -0.2) is 4.39 Å². The average Bonchev–Trinajstić information content (AvgIpc) is 2.44. The van der Waals surface area contributed by atoms with Crippen LogP contribution < -0.4 is 11.1 Å². The molecule has 0 bridgehead atoms. The van der Waals surface area contributed by atoms with E-state index in [2.05, 4.69) is 40.3 Å². The van der Waals surface area contributed by atoms with Gasteiger partial charge >= 0.3 is 0 Å². The first kappa shape index (κ1) is 14.9. The minimum Gasteiger partial charge on any atom is -0.397 e. The highest BCUT2D eigenvalue weighted by atomic mass is 79.9. The summed E-state index contributed by atoms with van der Waals surface area (Å²) in [6.07, 6.45) is 3.47. The van der Waals surface area contributed by atoms with Gasteiger partial charge in [0, 0.05) is 11.8 Å². The Bertz CT molecular complexity index is 582. The lowest BCUT2D eigenvalue weighted by Gasteiger charge is -2.11. The highest BCUT2D eigenvalue weighted by molar-refractivity contribution is 9.10. The fourth-order valence-corrected chi connectivity index (χ4v) is 2.32. The predicted octanol–water partition coefficient (Wildman–Crippen LogP) is 5.26. The molecule has 3 N–H and O–H groups in total. The van der Waals surface area contributed by atoms with Crippen molar-refractivity contribution >= 4 is 33.0 Å². The quantitative estimate of drug-likeness (QED) is 0.731. The van der Waals surface area contributed by atoms with Crippen LogP contribution in [0.4, 0.5) is 21.5 Å². The Hall–Kier alpha value is -1.55. The summed E-state index contributed by atoms with van der Waals surface area (Å²) in [7, 11) is 0. The molecule has 0 saturated carbocycles. The summed E-state index contributed by atoms with van der Waals surface area (Å²) in [5.74, 6) is -0.332. The second-order valence-corrected chi connectivity index (χ2v) is 5.63. The van der Waals surface area contributed by atoms with Crippen molar-refractivity contribution in [1.29, 1.82) is 0 Å². The maximum absolute atomic E-state index is 13.5. The Kier molecular flexibility index (Phi) is 5.01. The van der Waals surface area contributed by atoms with Gasteiger partial charge in [-0.05, 0) is 52.5 Å². The molecule has 0 atom stereocenters. The van der Waals surface area contributed by atoms with E-state index in [1.807, 2.05) is 12.1 Å². The van der Waals surface area contributed by atoms with Crippen LogP contribution in [0.2, 0.25) is 0 Å². The van der Waals surface area contributed by atoms with Crippen LogP contribution in [0.3, 0.4) is 0 Å². The number of hydrogen-bond acceptors (Lipinski definition) is 2. The Balaban J connectivity index is 2.12. The molecule has 2 aromatic rings. The summed E-state index contributed by atoms with van der Waals surface area (Å²) >= 11 is 3.12. The maximum Gasteiger partial charge on any atom is 0.139 e. The summed E-state index contributed by atoms with van der Waals surface area (Å²) in [6.45, 7) is 2.18. The van der Waals surface area contributed by atoms with Crippen molar-refractivity contribution in [2.45, 2.75) is 26.2 Å². The molecule has 4 heteroatoms. The van der Waals surface area contributed by atoms with E-state index in [-0.39, 0.29) is 5.82 Å². The lowest BCUT2D eigenvalue weighted by Crippen LogP contribution is -1.98. The number of unbranched alkanes of at least 4 members (excludes halogenated alkanes) is 1. The number of nitrogens with two attached hydrogens (primary N) is 1. The molecule has 0 radical (unpaired) electrons. The third-order valence-electron chi connectivity index (χ3n) is 3.14. The number of benzene rings is 2. The van der Waals surface area contributed by atoms with Crippen LogP contribution in [0, 0.1) is 5.82 Å². The van der Waals surface area contributed by atoms with Crippen molar-refractivity contribution in [2.24, 2.45) is 0 Å². The first-order chi connectivity index (χ1) is 9.60. The van der Waals surface area contributed by atoms with Crippen molar-refractivity contribution in [3.05, 3.63) is 52.3 Å². The molecule has 0 aliphatic carbocycles. The van der Waals surface area contributed by atoms with Crippen molar-refractivity contribution in [2.75, 3.05) is 11.1 Å². The molecule has 0 unspecified atom stereocenters. The molecule has 0 heterocycles. The Morgan fingerprint density at radius 1 is 1.20 bits per heavy atom. The molecule has 0 fully saturated rings. The number of halogens is 2. The van der Waals surface area contributed by atoms with E-state index in [1.54, 1.807) is 6.07 Å². The zero-order valence-corrected chi connectivity index (χ0v) is 13.0. The Morgan fingerprint density at radius 2 is 1.90 bits per heavy atom. The third-order valence-corrected chi connectivity index (χ3v) is 3.75. The van der Waals surface area contributed by atoms with E-state index in [4.69, 9.17) is 5.73 Å². The van der Waals surface area contributed by atoms with E-state index in [0.717, 1.165) is 12.1 Å². The van der Waals surface area contributed by atoms with Crippen molar-refractivity contribution in [1.82, 2.24) is 0 Å². The predicted molar refractivity (Wildman–Crippen MR) is 86.8 cm³/mol. The van der Waals surface area contributed by atoms with Crippen LogP contribution in [0.15, 0.2) is 40.9 Å². The van der Waals surface area contributed by atoms with Crippen molar-refractivity contribution in [3.8, 4) is 0 Å². The Labute approximate surface area is 127 Å². The molecule has 0 aromatic heterocycles. The third kappa shape index (κ3) is 3.73. The summed E-state index contributed by atoms with van der Waals surface area (Å²) in [6, 6.07) is 11.1. The second-order valence-electron chi connectivity index (χ2n) is 4.78. The minimum atomic E-state index is -0.332. The number of hydrogen-bond donors (Lipinski definition) is 2. The van der Waals surface area contributed by atoms with E-state index in [1.165, 1.54) is 24.5 Å². The van der Waals surface area contributed by atoms with Gasteiger partial charge in [0.2, 0.25) is 0 Å². The van der Waals surface area contributed by atoms with Gasteiger partial charge in [-0.3, -0.25) is 0 Å². The molecule has 0 saturated heterocycles. The summed E-state index contributed by atoms with van der Waals surface area (Å²) in [4.78, 5) is 0. The lowest BCUT2D eigenvalue weighted by molar-refractivity contribution is 0.622. The Morgan fingerprint density at radius 3 is 2.55 bits per heavy atom. The van der Waals surface area contributed by atoms with Gasteiger partial charge in [0.15, 0.2) is 0 Å². The van der Waals surface area contributed by atoms with E-state index >= 15 is 0 Å². The van der Waals surface area contributed by atoms with Crippen LogP contribution >= 0.6 is 15.9 Å². The summed E-state index contributed by atoms with van der Waals surface area (Å²) in [5, 5.41) is 3.14. The first-order valence-corrected chi connectivity index (χ1v) is 7.50. The van der Waals surface area contributed by atoms with Gasteiger partial charge in [-0.1, -0.05) is 25.5 Å². The summed E-state index contributed by atoms with van der Waals surface area (Å²) in [5.41, 5.74) is 9.17. The van der Waals surface area contributed by atoms with Gasteiger partial charge in [-0.15, -0.1) is 0 Å². The molecule has 0 spiro atoms. The normalized spacial score (nSPS) is 10.6. The second kappa shape index (κ2) is 6.75. The topological polar surface area (TPSA) is 38.0 Å². The average molecular weight is 337 g/mol. The molecule has 106 valence electrons. The lowest BCUT2D eigenvalue weighted by atomic mass is 10.1. The van der Waals surface area contributed by atoms with E-state index in [9.17, 15) is 4.39 Å². The first-order valence-electron chi connectivity index (χ1n) is 6.70. The molecule has 0 aliphatic rings. The van der Waals surface area contributed by atoms with Gasteiger partial charge < -0.3 is 11.1 Å². The monoisotopic (exact) mass is 336 g/mol. The molecule has 2 rings (SSSR count). The molecular formula is C16H18BrFN2. The molecule has 0 amide bonds. The number of nitrogens with one attached hydrogen (secondary N) is 1. The highest BCUT2D eigenvalue weighted by Crippen LogP contribution is 2.29. The van der Waals surface area contributed by atoms with Crippen molar-refractivity contribution < 1.29 is 4.39 Å². The highest BCUT2D eigenvalue weighted by Gasteiger charge is 2.06. The van der Waals surface area contributed by atoms with Gasteiger partial charge in [0.25, 0.3) is 0 Å². The fourth-order valence-electron chi connectivity index (χ4n) is 1.96. The number of rotatable bonds is 5. The van der Waals surface area contributed by atoms with E-state index in [0.29, 0.717) is 15.8 Å². The molecular weight excluding hydrogens is 319 g/mol.